The molecule has 0 atom stereocenters. The number of aromatic hydroxyl groups is 2. The molecule has 0 unspecified atom stereocenters. The molecule has 0 bridgehead atoms. The lowest BCUT2D eigenvalue weighted by Gasteiger charge is -2.15. The Morgan fingerprint density at radius 1 is 0.905 bits per heavy atom. The summed E-state index contributed by atoms with van der Waals surface area (Å²) in [5, 5.41) is 19.6. The van der Waals surface area contributed by atoms with Crippen molar-refractivity contribution in [3.05, 3.63) is 47.0 Å². The van der Waals surface area contributed by atoms with Crippen molar-refractivity contribution >= 4 is 0 Å². The van der Waals surface area contributed by atoms with Gasteiger partial charge in [-0.15, -0.1) is 0 Å². The highest BCUT2D eigenvalue weighted by atomic mass is 16.5. The fourth-order valence-corrected chi connectivity index (χ4v) is 2.51. The first kappa shape index (κ1) is 15.0. The van der Waals surface area contributed by atoms with Crippen LogP contribution in [-0.4, -0.2) is 24.4 Å². The number of ether oxygens (including phenoxy) is 2. The van der Waals surface area contributed by atoms with Crippen LogP contribution in [0.15, 0.2) is 30.3 Å². The third-order valence-corrected chi connectivity index (χ3v) is 3.63. The maximum atomic E-state index is 9.82. The molecule has 2 N–H and O–H groups in total. The van der Waals surface area contributed by atoms with Gasteiger partial charge in [0.15, 0.2) is 0 Å². The van der Waals surface area contributed by atoms with Crippen LogP contribution in [0, 0.1) is 6.92 Å². The van der Waals surface area contributed by atoms with E-state index in [1.165, 1.54) is 0 Å². The Balaban J connectivity index is 2.26. The predicted octanol–water partition coefficient (Wildman–Crippen LogP) is 3.21. The van der Waals surface area contributed by atoms with Gasteiger partial charge in [0.1, 0.15) is 23.0 Å². The summed E-state index contributed by atoms with van der Waals surface area (Å²) in [5.41, 5.74) is 2.51. The first-order valence-electron chi connectivity index (χ1n) is 6.78. The van der Waals surface area contributed by atoms with Gasteiger partial charge >= 0.3 is 0 Å². The van der Waals surface area contributed by atoms with Crippen LogP contribution in [-0.2, 0) is 12.8 Å². The van der Waals surface area contributed by atoms with Crippen molar-refractivity contribution in [3.63, 3.8) is 0 Å². The predicted molar refractivity (Wildman–Crippen MR) is 81.5 cm³/mol. The summed E-state index contributed by atoms with van der Waals surface area (Å²) in [6.45, 7) is 1.94. The zero-order chi connectivity index (χ0) is 15.4. The molecule has 0 aromatic heterocycles. The number of aryl methyl sites for hydroxylation is 1. The highest BCUT2D eigenvalue weighted by Gasteiger charge is 2.13. The highest BCUT2D eigenvalue weighted by Crippen LogP contribution is 2.33. The summed E-state index contributed by atoms with van der Waals surface area (Å²) in [6, 6.07) is 8.61. The van der Waals surface area contributed by atoms with Crippen molar-refractivity contribution in [2.45, 2.75) is 19.8 Å². The molecular weight excluding hydrogens is 268 g/mol. The number of benzene rings is 2. The van der Waals surface area contributed by atoms with Crippen LogP contribution >= 0.6 is 0 Å². The molecule has 0 amide bonds. The van der Waals surface area contributed by atoms with Gasteiger partial charge in [0.2, 0.25) is 0 Å². The molecule has 0 aliphatic rings. The minimum atomic E-state index is 0.110. The standard InChI is InChI=1S/C17H20O4/c1-11-16(20-2)10-8-12(17(11)21-3)7-9-13-14(18)5-4-6-15(13)19/h4-6,8,10,18-19H,7,9H2,1-3H3. The molecule has 0 saturated carbocycles. The Hall–Kier alpha value is -2.36. The molecule has 0 spiro atoms. The van der Waals surface area contributed by atoms with E-state index in [2.05, 4.69) is 0 Å². The number of hydrogen-bond acceptors (Lipinski definition) is 4. The molecule has 2 rings (SSSR count). The molecular formula is C17H20O4. The minimum absolute atomic E-state index is 0.110. The van der Waals surface area contributed by atoms with E-state index in [0.717, 1.165) is 22.6 Å². The van der Waals surface area contributed by atoms with E-state index >= 15 is 0 Å². The van der Waals surface area contributed by atoms with Crippen LogP contribution in [0.25, 0.3) is 0 Å². The monoisotopic (exact) mass is 288 g/mol. The average molecular weight is 288 g/mol. The van der Waals surface area contributed by atoms with Gasteiger partial charge in [-0.25, -0.2) is 0 Å². The Kier molecular flexibility index (Phi) is 4.58. The molecule has 2 aromatic carbocycles. The first-order chi connectivity index (χ1) is 10.1. The van der Waals surface area contributed by atoms with Crippen LogP contribution in [0.3, 0.4) is 0 Å². The second-order valence-electron chi connectivity index (χ2n) is 4.86. The molecule has 4 nitrogen and oxygen atoms in total. The third kappa shape index (κ3) is 3.05. The average Bonchev–Trinajstić information content (AvgIpc) is 2.47. The van der Waals surface area contributed by atoms with Crippen LogP contribution < -0.4 is 9.47 Å². The third-order valence-electron chi connectivity index (χ3n) is 3.63. The number of rotatable bonds is 5. The van der Waals surface area contributed by atoms with E-state index in [-0.39, 0.29) is 11.5 Å². The molecule has 0 heterocycles. The van der Waals surface area contributed by atoms with Gasteiger partial charge in [0, 0.05) is 11.1 Å². The largest absolute Gasteiger partial charge is 0.508 e. The van der Waals surface area contributed by atoms with E-state index in [1.54, 1.807) is 32.4 Å². The maximum absolute atomic E-state index is 9.82. The summed E-state index contributed by atoms with van der Waals surface area (Å²) in [4.78, 5) is 0. The zero-order valence-corrected chi connectivity index (χ0v) is 12.5. The van der Waals surface area contributed by atoms with Gasteiger partial charge in [0.25, 0.3) is 0 Å². The molecule has 112 valence electrons. The number of phenols is 2. The topological polar surface area (TPSA) is 58.9 Å². The fourth-order valence-electron chi connectivity index (χ4n) is 2.51. The SMILES string of the molecule is COc1ccc(CCc2c(O)cccc2O)c(OC)c1C. The summed E-state index contributed by atoms with van der Waals surface area (Å²) >= 11 is 0. The van der Waals surface area contributed by atoms with Crippen molar-refractivity contribution in [1.29, 1.82) is 0 Å². The van der Waals surface area contributed by atoms with Crippen LogP contribution in [0.2, 0.25) is 0 Å². The number of hydrogen-bond donors (Lipinski definition) is 2. The molecule has 0 saturated heterocycles. The molecule has 0 aliphatic carbocycles. The van der Waals surface area contributed by atoms with Crippen molar-refractivity contribution in [3.8, 4) is 23.0 Å². The molecule has 4 heteroatoms. The molecule has 0 fully saturated rings. The smallest absolute Gasteiger partial charge is 0.128 e. The van der Waals surface area contributed by atoms with Gasteiger partial charge in [-0.05, 0) is 43.5 Å². The van der Waals surface area contributed by atoms with E-state index in [4.69, 9.17) is 9.47 Å². The Morgan fingerprint density at radius 2 is 1.57 bits per heavy atom. The lowest BCUT2D eigenvalue weighted by molar-refractivity contribution is 0.385. The number of phenolic OH excluding ortho intramolecular Hbond substituents is 2. The Bertz CT molecular complexity index is 615. The summed E-state index contributed by atoms with van der Waals surface area (Å²) < 4.78 is 10.7. The van der Waals surface area contributed by atoms with Gasteiger partial charge in [-0.2, -0.15) is 0 Å². The molecule has 0 radical (unpaired) electrons. The van der Waals surface area contributed by atoms with Gasteiger partial charge in [-0.3, -0.25) is 0 Å². The first-order valence-corrected chi connectivity index (χ1v) is 6.78. The Labute approximate surface area is 124 Å². The maximum Gasteiger partial charge on any atom is 0.128 e. The fraction of sp³-hybridized carbons (Fsp3) is 0.294. The van der Waals surface area contributed by atoms with Crippen molar-refractivity contribution in [2.24, 2.45) is 0 Å². The van der Waals surface area contributed by atoms with Crippen LogP contribution in [0.1, 0.15) is 16.7 Å². The van der Waals surface area contributed by atoms with Gasteiger partial charge < -0.3 is 19.7 Å². The second-order valence-corrected chi connectivity index (χ2v) is 4.86. The van der Waals surface area contributed by atoms with Crippen molar-refractivity contribution in [1.82, 2.24) is 0 Å². The summed E-state index contributed by atoms with van der Waals surface area (Å²) in [6.07, 6.45) is 1.18. The normalized spacial score (nSPS) is 10.4. The highest BCUT2D eigenvalue weighted by molar-refractivity contribution is 5.50. The lowest BCUT2D eigenvalue weighted by Crippen LogP contribution is -2.00. The van der Waals surface area contributed by atoms with Crippen LogP contribution in [0.4, 0.5) is 0 Å². The van der Waals surface area contributed by atoms with Crippen molar-refractivity contribution in [2.75, 3.05) is 14.2 Å². The van der Waals surface area contributed by atoms with E-state index < -0.39 is 0 Å². The van der Waals surface area contributed by atoms with Crippen LogP contribution in [0.5, 0.6) is 23.0 Å². The summed E-state index contributed by atoms with van der Waals surface area (Å²) in [5.74, 6) is 1.78. The van der Waals surface area contributed by atoms with Gasteiger partial charge in [-0.1, -0.05) is 12.1 Å². The number of methoxy groups -OCH3 is 2. The molecule has 2 aromatic rings. The van der Waals surface area contributed by atoms with E-state index in [1.807, 2.05) is 19.1 Å². The zero-order valence-electron chi connectivity index (χ0n) is 12.5. The van der Waals surface area contributed by atoms with Crippen molar-refractivity contribution < 1.29 is 19.7 Å². The summed E-state index contributed by atoms with van der Waals surface area (Å²) in [7, 11) is 3.25. The quantitative estimate of drug-likeness (QED) is 0.887. The van der Waals surface area contributed by atoms with Gasteiger partial charge in [0.05, 0.1) is 14.2 Å². The molecule has 0 aliphatic heterocycles. The second kappa shape index (κ2) is 6.39. The lowest BCUT2D eigenvalue weighted by atomic mass is 10.00. The molecule has 21 heavy (non-hydrogen) atoms. The van der Waals surface area contributed by atoms with E-state index in [9.17, 15) is 10.2 Å². The minimum Gasteiger partial charge on any atom is -0.508 e. The Morgan fingerprint density at radius 3 is 2.14 bits per heavy atom. The van der Waals surface area contributed by atoms with E-state index in [0.29, 0.717) is 18.4 Å².